The lowest BCUT2D eigenvalue weighted by Crippen LogP contribution is -2.33. The molecule has 0 radical (unpaired) electrons. The summed E-state index contributed by atoms with van der Waals surface area (Å²) in [5, 5.41) is 3.57. The monoisotopic (exact) mass is 261 g/mol. The van der Waals surface area contributed by atoms with Gasteiger partial charge in [0.15, 0.2) is 0 Å². The van der Waals surface area contributed by atoms with Crippen LogP contribution in [0.25, 0.3) is 0 Å². The predicted molar refractivity (Wildman–Crippen MR) is 77.4 cm³/mol. The summed E-state index contributed by atoms with van der Waals surface area (Å²) in [6.07, 6.45) is 2.92. The van der Waals surface area contributed by atoms with Crippen molar-refractivity contribution in [3.05, 3.63) is 42.5 Å². The highest BCUT2D eigenvalue weighted by Crippen LogP contribution is 2.20. The molecule has 1 aromatic carbocycles. The maximum Gasteiger partial charge on any atom is 0.124 e. The van der Waals surface area contributed by atoms with Gasteiger partial charge in [0.1, 0.15) is 12.4 Å². The molecule has 0 spiro atoms. The van der Waals surface area contributed by atoms with Crippen LogP contribution in [0.2, 0.25) is 0 Å². The summed E-state index contributed by atoms with van der Waals surface area (Å²) in [6.45, 7) is 9.05. The van der Waals surface area contributed by atoms with Gasteiger partial charge in [-0.15, -0.1) is 0 Å². The summed E-state index contributed by atoms with van der Waals surface area (Å²) in [5.74, 6) is 1.56. The molecule has 3 heteroatoms. The third kappa shape index (κ3) is 4.08. The molecule has 0 amide bonds. The van der Waals surface area contributed by atoms with Gasteiger partial charge < -0.3 is 14.8 Å². The van der Waals surface area contributed by atoms with Crippen molar-refractivity contribution in [2.24, 2.45) is 5.92 Å². The molecule has 1 heterocycles. The lowest BCUT2D eigenvalue weighted by molar-refractivity contribution is 0.178. The van der Waals surface area contributed by atoms with Crippen LogP contribution < -0.4 is 10.1 Å². The van der Waals surface area contributed by atoms with Crippen molar-refractivity contribution in [3.8, 4) is 5.75 Å². The molecule has 0 aliphatic carbocycles. The van der Waals surface area contributed by atoms with Crippen molar-refractivity contribution >= 4 is 0 Å². The highest BCUT2D eigenvalue weighted by atomic mass is 16.5. The Hall–Kier alpha value is -1.32. The van der Waals surface area contributed by atoms with Crippen LogP contribution in [-0.2, 0) is 11.3 Å². The summed E-state index contributed by atoms with van der Waals surface area (Å²) in [7, 11) is 0. The van der Waals surface area contributed by atoms with Crippen molar-refractivity contribution in [1.82, 2.24) is 5.32 Å². The lowest BCUT2D eigenvalue weighted by atomic mass is 10.0. The molecule has 0 saturated carbocycles. The van der Waals surface area contributed by atoms with Crippen LogP contribution in [0.3, 0.4) is 0 Å². The van der Waals surface area contributed by atoms with Crippen LogP contribution in [-0.4, -0.2) is 25.9 Å². The normalized spacial score (nSPS) is 20.2. The molecule has 1 aromatic rings. The number of benzene rings is 1. The fourth-order valence-electron chi connectivity index (χ4n) is 2.32. The van der Waals surface area contributed by atoms with E-state index in [-0.39, 0.29) is 0 Å². The first-order valence-electron chi connectivity index (χ1n) is 6.94. The van der Waals surface area contributed by atoms with E-state index < -0.39 is 0 Å². The Kier molecular flexibility index (Phi) is 5.43. The standard InChI is InChI=1S/C16H23NO2/c1-3-9-19-16-7-5-4-6-14(16)11-17-13(2)15-8-10-18-12-15/h3-7,13,15,17H,1,8-12H2,2H3. The third-order valence-electron chi connectivity index (χ3n) is 3.62. The van der Waals surface area contributed by atoms with Gasteiger partial charge in [0.05, 0.1) is 6.61 Å². The van der Waals surface area contributed by atoms with Gasteiger partial charge in [-0.2, -0.15) is 0 Å². The van der Waals surface area contributed by atoms with Gasteiger partial charge in [-0.05, 0) is 25.3 Å². The zero-order valence-corrected chi connectivity index (χ0v) is 11.6. The quantitative estimate of drug-likeness (QED) is 0.766. The van der Waals surface area contributed by atoms with Gasteiger partial charge in [0, 0.05) is 24.8 Å². The average molecular weight is 261 g/mol. The van der Waals surface area contributed by atoms with Crippen LogP contribution in [0.15, 0.2) is 36.9 Å². The Morgan fingerprint density at radius 1 is 1.53 bits per heavy atom. The number of nitrogens with one attached hydrogen (secondary N) is 1. The molecular weight excluding hydrogens is 238 g/mol. The minimum atomic E-state index is 0.468. The average Bonchev–Trinajstić information content (AvgIpc) is 2.97. The number of rotatable bonds is 7. The summed E-state index contributed by atoms with van der Waals surface area (Å²) in [4.78, 5) is 0. The summed E-state index contributed by atoms with van der Waals surface area (Å²) < 4.78 is 11.1. The molecule has 1 N–H and O–H groups in total. The Morgan fingerprint density at radius 2 is 2.37 bits per heavy atom. The van der Waals surface area contributed by atoms with Gasteiger partial charge in [-0.25, -0.2) is 0 Å². The van der Waals surface area contributed by atoms with E-state index in [4.69, 9.17) is 9.47 Å². The Balaban J connectivity index is 1.89. The molecule has 2 rings (SSSR count). The second-order valence-corrected chi connectivity index (χ2v) is 5.00. The van der Waals surface area contributed by atoms with E-state index >= 15 is 0 Å². The van der Waals surface area contributed by atoms with Crippen molar-refractivity contribution < 1.29 is 9.47 Å². The van der Waals surface area contributed by atoms with E-state index in [0.717, 1.165) is 31.9 Å². The maximum atomic E-state index is 5.66. The maximum absolute atomic E-state index is 5.66. The first-order valence-corrected chi connectivity index (χ1v) is 6.94. The Bertz CT molecular complexity index is 399. The minimum absolute atomic E-state index is 0.468. The summed E-state index contributed by atoms with van der Waals surface area (Å²) in [6, 6.07) is 8.61. The first kappa shape index (κ1) is 14.1. The molecule has 1 saturated heterocycles. The van der Waals surface area contributed by atoms with Crippen molar-refractivity contribution in [2.75, 3.05) is 19.8 Å². The smallest absolute Gasteiger partial charge is 0.124 e. The third-order valence-corrected chi connectivity index (χ3v) is 3.62. The molecule has 1 aliphatic rings. The van der Waals surface area contributed by atoms with Gasteiger partial charge in [0.25, 0.3) is 0 Å². The molecule has 2 unspecified atom stereocenters. The molecule has 0 aromatic heterocycles. The van der Waals surface area contributed by atoms with E-state index in [1.165, 1.54) is 5.56 Å². The van der Waals surface area contributed by atoms with Gasteiger partial charge in [-0.1, -0.05) is 30.9 Å². The first-order chi connectivity index (χ1) is 9.31. The molecule has 19 heavy (non-hydrogen) atoms. The van der Waals surface area contributed by atoms with Crippen molar-refractivity contribution in [2.45, 2.75) is 25.9 Å². The number of ether oxygens (including phenoxy) is 2. The SMILES string of the molecule is C=CCOc1ccccc1CNC(C)C1CCOC1. The van der Waals surface area contributed by atoms with Crippen LogP contribution in [0, 0.1) is 5.92 Å². The van der Waals surface area contributed by atoms with Crippen molar-refractivity contribution in [1.29, 1.82) is 0 Å². The molecular formula is C16H23NO2. The molecule has 3 nitrogen and oxygen atoms in total. The fraction of sp³-hybridized carbons (Fsp3) is 0.500. The zero-order valence-electron chi connectivity index (χ0n) is 11.6. The van der Waals surface area contributed by atoms with Crippen LogP contribution in [0.4, 0.5) is 0 Å². The molecule has 1 fully saturated rings. The highest BCUT2D eigenvalue weighted by Gasteiger charge is 2.21. The van der Waals surface area contributed by atoms with E-state index in [1.807, 2.05) is 18.2 Å². The summed E-state index contributed by atoms with van der Waals surface area (Å²) in [5.41, 5.74) is 1.19. The Labute approximate surface area is 115 Å². The number of hydrogen-bond donors (Lipinski definition) is 1. The topological polar surface area (TPSA) is 30.5 Å². The second-order valence-electron chi connectivity index (χ2n) is 5.00. The van der Waals surface area contributed by atoms with Crippen LogP contribution in [0.1, 0.15) is 18.9 Å². The molecule has 104 valence electrons. The largest absolute Gasteiger partial charge is 0.489 e. The molecule has 1 aliphatic heterocycles. The van der Waals surface area contributed by atoms with Gasteiger partial charge in [0.2, 0.25) is 0 Å². The molecule has 0 bridgehead atoms. The van der Waals surface area contributed by atoms with Gasteiger partial charge >= 0.3 is 0 Å². The van der Waals surface area contributed by atoms with Crippen LogP contribution in [0.5, 0.6) is 5.75 Å². The van der Waals surface area contributed by atoms with E-state index in [1.54, 1.807) is 6.08 Å². The van der Waals surface area contributed by atoms with Crippen molar-refractivity contribution in [3.63, 3.8) is 0 Å². The number of hydrogen-bond acceptors (Lipinski definition) is 3. The van der Waals surface area contributed by atoms with E-state index in [2.05, 4.69) is 24.9 Å². The minimum Gasteiger partial charge on any atom is -0.489 e. The fourth-order valence-corrected chi connectivity index (χ4v) is 2.32. The lowest BCUT2D eigenvalue weighted by Gasteiger charge is -2.20. The zero-order chi connectivity index (χ0) is 13.5. The summed E-state index contributed by atoms with van der Waals surface area (Å²) >= 11 is 0. The van der Waals surface area contributed by atoms with Crippen LogP contribution >= 0.6 is 0 Å². The van der Waals surface area contributed by atoms with Gasteiger partial charge in [-0.3, -0.25) is 0 Å². The highest BCUT2D eigenvalue weighted by molar-refractivity contribution is 5.33. The van der Waals surface area contributed by atoms with E-state index in [0.29, 0.717) is 18.6 Å². The molecule has 2 atom stereocenters. The predicted octanol–water partition coefficient (Wildman–Crippen LogP) is 2.77. The Morgan fingerprint density at radius 3 is 3.11 bits per heavy atom. The van der Waals surface area contributed by atoms with E-state index in [9.17, 15) is 0 Å². The second kappa shape index (κ2) is 7.31. The number of para-hydroxylation sites is 1.